The quantitative estimate of drug-likeness (QED) is 0.876. The van der Waals surface area contributed by atoms with Crippen molar-refractivity contribution in [3.63, 3.8) is 0 Å². The maximum Gasteiger partial charge on any atom is 0.329 e. The molecule has 0 amide bonds. The van der Waals surface area contributed by atoms with Crippen molar-refractivity contribution < 1.29 is 9.90 Å². The number of aliphatic carboxylic acids is 1. The van der Waals surface area contributed by atoms with Crippen LogP contribution in [0.5, 0.6) is 0 Å². The van der Waals surface area contributed by atoms with Crippen LogP contribution in [-0.2, 0) is 4.79 Å². The van der Waals surface area contributed by atoms with Crippen LogP contribution in [0.4, 0.5) is 0 Å². The van der Waals surface area contributed by atoms with Crippen molar-refractivity contribution in [1.82, 2.24) is 0 Å². The first-order valence-corrected chi connectivity index (χ1v) is 6.28. The Labute approximate surface area is 105 Å². The van der Waals surface area contributed by atoms with Crippen LogP contribution in [0.25, 0.3) is 0 Å². The van der Waals surface area contributed by atoms with E-state index in [2.05, 4.69) is 4.99 Å². The third kappa shape index (κ3) is 2.36. The van der Waals surface area contributed by atoms with Crippen molar-refractivity contribution in [1.29, 1.82) is 0 Å². The van der Waals surface area contributed by atoms with Gasteiger partial charge < -0.3 is 5.11 Å². The second-order valence-electron chi connectivity index (χ2n) is 4.75. The molecule has 3 nitrogen and oxygen atoms in total. The summed E-state index contributed by atoms with van der Waals surface area (Å²) in [6, 6.07) is 7.34. The number of carboxylic acids is 1. The molecule has 1 atom stereocenters. The van der Waals surface area contributed by atoms with Crippen molar-refractivity contribution >= 4 is 22.8 Å². The van der Waals surface area contributed by atoms with Gasteiger partial charge in [-0.1, -0.05) is 41.6 Å². The molecule has 1 aliphatic heterocycles. The highest BCUT2D eigenvalue weighted by Crippen LogP contribution is 2.39. The fraction of sp³-hybridized carbons (Fsp3) is 0.385. The third-order valence-electron chi connectivity index (χ3n) is 2.80. The van der Waals surface area contributed by atoms with Crippen LogP contribution in [-0.4, -0.2) is 26.9 Å². The van der Waals surface area contributed by atoms with Gasteiger partial charge in [-0.05, 0) is 20.8 Å². The molecule has 1 aromatic rings. The van der Waals surface area contributed by atoms with Crippen LogP contribution in [0.2, 0.25) is 0 Å². The molecule has 0 saturated heterocycles. The largest absolute Gasteiger partial charge is 0.480 e. The maximum absolute atomic E-state index is 11.1. The Hall–Kier alpha value is -1.29. The average Bonchev–Trinajstić information content (AvgIpc) is 2.55. The molecular formula is C13H15NO2S. The molecule has 0 unspecified atom stereocenters. The Morgan fingerprint density at radius 3 is 2.41 bits per heavy atom. The minimum atomic E-state index is -0.857. The molecule has 90 valence electrons. The van der Waals surface area contributed by atoms with Crippen LogP contribution in [0.3, 0.4) is 0 Å². The summed E-state index contributed by atoms with van der Waals surface area (Å²) in [4.78, 5) is 15.4. The highest BCUT2D eigenvalue weighted by Gasteiger charge is 2.42. The summed E-state index contributed by atoms with van der Waals surface area (Å²) in [5.41, 5.74) is 2.18. The van der Waals surface area contributed by atoms with Crippen LogP contribution in [0.15, 0.2) is 29.3 Å². The Morgan fingerprint density at radius 1 is 1.35 bits per heavy atom. The number of rotatable bonds is 2. The predicted octanol–water partition coefficient (Wildman–Crippen LogP) is 2.72. The van der Waals surface area contributed by atoms with Gasteiger partial charge in [0.15, 0.2) is 6.04 Å². The molecule has 0 aliphatic carbocycles. The number of benzene rings is 1. The molecule has 0 aromatic heterocycles. The molecule has 1 N–H and O–H groups in total. The SMILES string of the molecule is Cc1ccc(C2=N[C@@H](C(=O)O)C(C)(C)S2)cc1. The smallest absolute Gasteiger partial charge is 0.329 e. The summed E-state index contributed by atoms with van der Waals surface area (Å²) in [7, 11) is 0. The lowest BCUT2D eigenvalue weighted by atomic mass is 10.0. The molecule has 1 heterocycles. The van der Waals surface area contributed by atoms with Gasteiger partial charge >= 0.3 is 5.97 Å². The molecule has 17 heavy (non-hydrogen) atoms. The number of hydrogen-bond acceptors (Lipinski definition) is 3. The van der Waals surface area contributed by atoms with E-state index in [1.807, 2.05) is 45.0 Å². The van der Waals surface area contributed by atoms with Crippen molar-refractivity contribution in [2.24, 2.45) is 4.99 Å². The highest BCUT2D eigenvalue weighted by atomic mass is 32.2. The summed E-state index contributed by atoms with van der Waals surface area (Å²) in [5, 5.41) is 9.96. The van der Waals surface area contributed by atoms with Gasteiger partial charge in [-0.3, -0.25) is 4.99 Å². The van der Waals surface area contributed by atoms with E-state index in [0.29, 0.717) is 0 Å². The van der Waals surface area contributed by atoms with E-state index in [-0.39, 0.29) is 4.75 Å². The second-order valence-corrected chi connectivity index (χ2v) is 6.39. The van der Waals surface area contributed by atoms with Crippen molar-refractivity contribution in [3.8, 4) is 0 Å². The number of carbonyl (C=O) groups is 1. The van der Waals surface area contributed by atoms with Gasteiger partial charge in [-0.25, -0.2) is 4.79 Å². The number of carboxylic acid groups (broad SMARTS) is 1. The zero-order valence-electron chi connectivity index (χ0n) is 10.1. The first kappa shape index (κ1) is 12.2. The zero-order chi connectivity index (χ0) is 12.6. The van der Waals surface area contributed by atoms with E-state index in [9.17, 15) is 4.79 Å². The van der Waals surface area contributed by atoms with Crippen LogP contribution >= 0.6 is 11.8 Å². The Kier molecular flexibility index (Phi) is 3.00. The first-order chi connectivity index (χ1) is 7.90. The average molecular weight is 249 g/mol. The topological polar surface area (TPSA) is 49.7 Å². The second kappa shape index (κ2) is 4.18. The van der Waals surface area contributed by atoms with E-state index in [1.54, 1.807) is 0 Å². The van der Waals surface area contributed by atoms with E-state index in [1.165, 1.54) is 17.3 Å². The van der Waals surface area contributed by atoms with Gasteiger partial charge in [-0.15, -0.1) is 0 Å². The van der Waals surface area contributed by atoms with E-state index in [0.717, 1.165) is 10.6 Å². The lowest BCUT2D eigenvalue weighted by molar-refractivity contribution is -0.138. The van der Waals surface area contributed by atoms with Crippen molar-refractivity contribution in [3.05, 3.63) is 35.4 Å². The molecule has 0 bridgehead atoms. The lowest BCUT2D eigenvalue weighted by Gasteiger charge is -2.20. The molecular weight excluding hydrogens is 234 g/mol. The molecule has 0 spiro atoms. The van der Waals surface area contributed by atoms with Gasteiger partial charge in [0.05, 0.1) is 5.04 Å². The van der Waals surface area contributed by atoms with E-state index >= 15 is 0 Å². The summed E-state index contributed by atoms with van der Waals surface area (Å²) in [5.74, 6) is -0.857. The van der Waals surface area contributed by atoms with Crippen LogP contribution < -0.4 is 0 Å². The molecule has 0 saturated carbocycles. The molecule has 2 rings (SSSR count). The zero-order valence-corrected chi connectivity index (χ0v) is 10.9. The maximum atomic E-state index is 11.1. The Balaban J connectivity index is 2.33. The molecule has 0 radical (unpaired) electrons. The van der Waals surface area contributed by atoms with E-state index in [4.69, 9.17) is 5.11 Å². The van der Waals surface area contributed by atoms with Crippen molar-refractivity contribution in [2.75, 3.05) is 0 Å². The minimum absolute atomic E-state index is 0.383. The first-order valence-electron chi connectivity index (χ1n) is 5.47. The van der Waals surface area contributed by atoms with Gasteiger partial charge in [0.25, 0.3) is 0 Å². The number of thioether (sulfide) groups is 1. The number of aryl methyl sites for hydroxylation is 1. The molecule has 1 aliphatic rings. The monoisotopic (exact) mass is 249 g/mol. The predicted molar refractivity (Wildman–Crippen MR) is 70.8 cm³/mol. The summed E-state index contributed by atoms with van der Waals surface area (Å²) in [6.07, 6.45) is 0. The van der Waals surface area contributed by atoms with Crippen molar-refractivity contribution in [2.45, 2.75) is 31.6 Å². The third-order valence-corrected chi connectivity index (χ3v) is 4.08. The fourth-order valence-electron chi connectivity index (χ4n) is 1.79. The number of nitrogens with zero attached hydrogens (tertiary/aromatic N) is 1. The Morgan fingerprint density at radius 2 is 1.94 bits per heavy atom. The molecule has 0 fully saturated rings. The Bertz CT molecular complexity index is 477. The van der Waals surface area contributed by atoms with Crippen LogP contribution in [0.1, 0.15) is 25.0 Å². The summed E-state index contributed by atoms with van der Waals surface area (Å²) >= 11 is 1.53. The number of hydrogen-bond donors (Lipinski definition) is 1. The minimum Gasteiger partial charge on any atom is -0.480 e. The lowest BCUT2D eigenvalue weighted by Crippen LogP contribution is -2.34. The van der Waals surface area contributed by atoms with Gasteiger partial charge in [0, 0.05) is 10.3 Å². The fourth-order valence-corrected chi connectivity index (χ4v) is 2.96. The van der Waals surface area contributed by atoms with E-state index < -0.39 is 12.0 Å². The molecule has 4 heteroatoms. The molecule has 1 aromatic carbocycles. The van der Waals surface area contributed by atoms with Crippen LogP contribution in [0, 0.1) is 6.92 Å². The van der Waals surface area contributed by atoms with Gasteiger partial charge in [-0.2, -0.15) is 0 Å². The number of aliphatic imine (C=N–C) groups is 1. The van der Waals surface area contributed by atoms with Gasteiger partial charge in [0.1, 0.15) is 0 Å². The normalized spacial score (nSPS) is 22.3. The standard InChI is InChI=1S/C13H15NO2S/c1-8-4-6-9(7-5-8)11-14-10(12(15)16)13(2,3)17-11/h4-7,10H,1-3H3,(H,15,16)/t10-/m0/s1. The summed E-state index contributed by atoms with van der Waals surface area (Å²) < 4.78 is -0.383. The van der Waals surface area contributed by atoms with Gasteiger partial charge in [0.2, 0.25) is 0 Å². The summed E-state index contributed by atoms with van der Waals surface area (Å²) in [6.45, 7) is 5.86. The highest BCUT2D eigenvalue weighted by molar-refractivity contribution is 8.15.